The van der Waals surface area contributed by atoms with Gasteiger partial charge in [0.25, 0.3) is 0 Å². The molecular weight excluding hydrogens is 270 g/mol. The standard InChI is InChI=1S/C15H23N3OS/c1-11-15(19)18(9-12-3-6-17(2)7-4-12)14(16-11)13-5-8-20-10-13/h5,8,10-12,14,16H,3-4,6-7,9H2,1-2H3. The lowest BCUT2D eigenvalue weighted by Crippen LogP contribution is -2.39. The zero-order chi connectivity index (χ0) is 14.1. The molecule has 1 N–H and O–H groups in total. The minimum absolute atomic E-state index is 0.0637. The molecule has 0 saturated carbocycles. The molecule has 0 aromatic carbocycles. The third-order valence-corrected chi connectivity index (χ3v) is 5.23. The molecule has 2 aliphatic heterocycles. The van der Waals surface area contributed by atoms with Crippen molar-refractivity contribution in [2.75, 3.05) is 26.7 Å². The van der Waals surface area contributed by atoms with Crippen molar-refractivity contribution in [1.82, 2.24) is 15.1 Å². The summed E-state index contributed by atoms with van der Waals surface area (Å²) in [5.74, 6) is 0.892. The number of thiophene rings is 1. The molecule has 5 heteroatoms. The maximum Gasteiger partial charge on any atom is 0.241 e. The van der Waals surface area contributed by atoms with Crippen LogP contribution in [0, 0.1) is 5.92 Å². The minimum atomic E-state index is -0.0637. The zero-order valence-corrected chi connectivity index (χ0v) is 13.0. The summed E-state index contributed by atoms with van der Waals surface area (Å²) in [6.07, 6.45) is 2.47. The van der Waals surface area contributed by atoms with Gasteiger partial charge in [-0.3, -0.25) is 10.1 Å². The lowest BCUT2D eigenvalue weighted by molar-refractivity contribution is -0.130. The van der Waals surface area contributed by atoms with Crippen LogP contribution in [0.2, 0.25) is 0 Å². The quantitative estimate of drug-likeness (QED) is 0.925. The molecule has 2 fully saturated rings. The van der Waals surface area contributed by atoms with Gasteiger partial charge in [0.05, 0.1) is 6.04 Å². The molecule has 0 spiro atoms. The van der Waals surface area contributed by atoms with Gasteiger partial charge in [0, 0.05) is 6.54 Å². The zero-order valence-electron chi connectivity index (χ0n) is 12.2. The number of amides is 1. The molecule has 0 bridgehead atoms. The fourth-order valence-electron chi connectivity index (χ4n) is 3.20. The summed E-state index contributed by atoms with van der Waals surface area (Å²) in [7, 11) is 2.18. The summed E-state index contributed by atoms with van der Waals surface area (Å²) in [4.78, 5) is 16.8. The first-order valence-corrected chi connectivity index (χ1v) is 8.36. The molecule has 1 aromatic rings. The van der Waals surface area contributed by atoms with E-state index in [1.807, 2.05) is 6.92 Å². The number of likely N-dealkylation sites (tertiary alicyclic amines) is 1. The van der Waals surface area contributed by atoms with Gasteiger partial charge in [-0.2, -0.15) is 11.3 Å². The average Bonchev–Trinajstić information content (AvgIpc) is 3.05. The van der Waals surface area contributed by atoms with Crippen LogP contribution in [-0.4, -0.2) is 48.4 Å². The van der Waals surface area contributed by atoms with Crippen molar-refractivity contribution < 1.29 is 4.79 Å². The van der Waals surface area contributed by atoms with Crippen molar-refractivity contribution in [2.45, 2.75) is 32.0 Å². The highest BCUT2D eigenvalue weighted by atomic mass is 32.1. The first-order valence-electron chi connectivity index (χ1n) is 7.42. The normalized spacial score (nSPS) is 29.3. The van der Waals surface area contributed by atoms with E-state index in [9.17, 15) is 4.79 Å². The van der Waals surface area contributed by atoms with Crippen LogP contribution < -0.4 is 5.32 Å². The van der Waals surface area contributed by atoms with Crippen LogP contribution in [0.4, 0.5) is 0 Å². The number of carbonyl (C=O) groups is 1. The second-order valence-electron chi connectivity index (χ2n) is 6.08. The molecule has 20 heavy (non-hydrogen) atoms. The largest absolute Gasteiger partial charge is 0.321 e. The lowest BCUT2D eigenvalue weighted by Gasteiger charge is -2.33. The maximum absolute atomic E-state index is 12.4. The third kappa shape index (κ3) is 2.75. The molecule has 3 heterocycles. The Balaban J connectivity index is 1.70. The van der Waals surface area contributed by atoms with Crippen LogP contribution in [0.3, 0.4) is 0 Å². The van der Waals surface area contributed by atoms with Gasteiger partial charge in [-0.15, -0.1) is 0 Å². The fraction of sp³-hybridized carbons (Fsp3) is 0.667. The Kier molecular flexibility index (Phi) is 4.10. The van der Waals surface area contributed by atoms with E-state index in [0.717, 1.165) is 19.6 Å². The molecule has 2 saturated heterocycles. The number of nitrogens with zero attached hydrogens (tertiary/aromatic N) is 2. The van der Waals surface area contributed by atoms with Crippen LogP contribution in [0.1, 0.15) is 31.5 Å². The van der Waals surface area contributed by atoms with Crippen molar-refractivity contribution in [3.8, 4) is 0 Å². The number of rotatable bonds is 3. The summed E-state index contributed by atoms with van der Waals surface area (Å²) in [5, 5.41) is 7.65. The topological polar surface area (TPSA) is 35.6 Å². The Bertz CT molecular complexity index is 454. The molecule has 0 radical (unpaired) electrons. The third-order valence-electron chi connectivity index (χ3n) is 4.52. The molecule has 2 atom stereocenters. The van der Waals surface area contributed by atoms with Gasteiger partial charge in [0.2, 0.25) is 5.91 Å². The van der Waals surface area contributed by atoms with E-state index < -0.39 is 0 Å². The van der Waals surface area contributed by atoms with Gasteiger partial charge in [0.1, 0.15) is 6.17 Å². The van der Waals surface area contributed by atoms with Gasteiger partial charge >= 0.3 is 0 Å². The molecule has 2 aliphatic rings. The Labute approximate surface area is 124 Å². The summed E-state index contributed by atoms with van der Waals surface area (Å²) >= 11 is 1.69. The smallest absolute Gasteiger partial charge is 0.241 e. The number of nitrogens with one attached hydrogen (secondary N) is 1. The molecule has 3 rings (SSSR count). The molecule has 110 valence electrons. The van der Waals surface area contributed by atoms with Gasteiger partial charge < -0.3 is 9.80 Å². The van der Waals surface area contributed by atoms with Crippen molar-refractivity contribution >= 4 is 17.2 Å². The fourth-order valence-corrected chi connectivity index (χ4v) is 3.88. The predicted octanol–water partition coefficient (Wildman–Crippen LogP) is 1.91. The SMILES string of the molecule is CC1NC(c2ccsc2)N(CC2CCN(C)CC2)C1=O. The maximum atomic E-state index is 12.4. The Morgan fingerprint density at radius 2 is 2.15 bits per heavy atom. The molecular formula is C15H23N3OS. The van der Waals surface area contributed by atoms with Gasteiger partial charge in [-0.1, -0.05) is 0 Å². The lowest BCUT2D eigenvalue weighted by atomic mass is 9.96. The van der Waals surface area contributed by atoms with E-state index in [4.69, 9.17) is 0 Å². The van der Waals surface area contributed by atoms with Gasteiger partial charge in [-0.05, 0) is 68.2 Å². The minimum Gasteiger partial charge on any atom is -0.321 e. The van der Waals surface area contributed by atoms with E-state index in [1.165, 1.54) is 18.4 Å². The van der Waals surface area contributed by atoms with Crippen LogP contribution >= 0.6 is 11.3 Å². The van der Waals surface area contributed by atoms with Crippen LogP contribution in [0.5, 0.6) is 0 Å². The first-order chi connectivity index (χ1) is 9.65. The van der Waals surface area contributed by atoms with Crippen LogP contribution in [0.25, 0.3) is 0 Å². The number of piperidine rings is 1. The Morgan fingerprint density at radius 1 is 1.40 bits per heavy atom. The van der Waals surface area contributed by atoms with E-state index in [0.29, 0.717) is 5.92 Å². The Morgan fingerprint density at radius 3 is 2.80 bits per heavy atom. The number of carbonyl (C=O) groups excluding carboxylic acids is 1. The van der Waals surface area contributed by atoms with E-state index in [1.54, 1.807) is 11.3 Å². The van der Waals surface area contributed by atoms with Crippen molar-refractivity contribution in [3.63, 3.8) is 0 Å². The Hall–Kier alpha value is -0.910. The predicted molar refractivity (Wildman–Crippen MR) is 81.6 cm³/mol. The molecule has 1 amide bonds. The summed E-state index contributed by atoms with van der Waals surface area (Å²) in [5.41, 5.74) is 1.22. The second kappa shape index (κ2) is 5.84. The van der Waals surface area contributed by atoms with E-state index in [-0.39, 0.29) is 18.1 Å². The average molecular weight is 293 g/mol. The summed E-state index contributed by atoms with van der Waals surface area (Å²) < 4.78 is 0. The van der Waals surface area contributed by atoms with Crippen LogP contribution in [-0.2, 0) is 4.79 Å². The number of hydrogen-bond donors (Lipinski definition) is 1. The summed E-state index contributed by atoms with van der Waals surface area (Å²) in [6, 6.07) is 2.06. The highest BCUT2D eigenvalue weighted by molar-refractivity contribution is 7.07. The van der Waals surface area contributed by atoms with Crippen molar-refractivity contribution in [3.05, 3.63) is 22.4 Å². The molecule has 1 aromatic heterocycles. The highest BCUT2D eigenvalue weighted by Gasteiger charge is 2.38. The van der Waals surface area contributed by atoms with Gasteiger partial charge in [-0.25, -0.2) is 0 Å². The molecule has 4 nitrogen and oxygen atoms in total. The van der Waals surface area contributed by atoms with Gasteiger partial charge in [0.15, 0.2) is 0 Å². The van der Waals surface area contributed by atoms with E-state index in [2.05, 4.69) is 39.0 Å². The summed E-state index contributed by atoms with van der Waals surface area (Å²) in [6.45, 7) is 5.17. The molecule has 0 aliphatic carbocycles. The first kappa shape index (κ1) is 14.0. The number of hydrogen-bond acceptors (Lipinski definition) is 4. The van der Waals surface area contributed by atoms with Crippen molar-refractivity contribution in [2.24, 2.45) is 5.92 Å². The monoisotopic (exact) mass is 293 g/mol. The second-order valence-corrected chi connectivity index (χ2v) is 6.86. The van der Waals surface area contributed by atoms with Crippen LogP contribution in [0.15, 0.2) is 16.8 Å². The molecule has 2 unspecified atom stereocenters. The van der Waals surface area contributed by atoms with E-state index >= 15 is 0 Å². The van der Waals surface area contributed by atoms with Crippen molar-refractivity contribution in [1.29, 1.82) is 0 Å². The highest BCUT2D eigenvalue weighted by Crippen LogP contribution is 2.29.